The molecule has 1 N–H and O–H groups in total. The Balaban J connectivity index is 1.33. The molecule has 8 heteroatoms. The number of hydrogen-bond acceptors (Lipinski definition) is 5. The summed E-state index contributed by atoms with van der Waals surface area (Å²) in [5, 5.41) is 0. The predicted octanol–water partition coefficient (Wildman–Crippen LogP) is 7.20. The minimum atomic E-state index is -4.39. The zero-order valence-electron chi connectivity index (χ0n) is 23.6. The summed E-state index contributed by atoms with van der Waals surface area (Å²) in [7, 11) is -8.61. The lowest BCUT2D eigenvalue weighted by atomic mass is 9.68. The Morgan fingerprint density at radius 3 is 1.41 bits per heavy atom. The summed E-state index contributed by atoms with van der Waals surface area (Å²) in [6.45, 7) is 0. The van der Waals surface area contributed by atoms with Gasteiger partial charge in [-0.2, -0.15) is 16.8 Å². The second-order valence-corrected chi connectivity index (χ2v) is 17.6. The Labute approximate surface area is 244 Å². The van der Waals surface area contributed by atoms with E-state index >= 15 is 0 Å². The molecule has 2 aromatic carbocycles. The van der Waals surface area contributed by atoms with E-state index in [1.807, 2.05) is 0 Å². The molecular weight excluding hydrogens is 556 g/mol. The molecule has 0 atom stereocenters. The van der Waals surface area contributed by atoms with Gasteiger partial charge in [0.1, 0.15) is 10.6 Å². The van der Waals surface area contributed by atoms with Gasteiger partial charge in [0.2, 0.25) is 0 Å². The molecule has 0 amide bonds. The molecule has 0 aromatic heterocycles. The van der Waals surface area contributed by atoms with Crippen molar-refractivity contribution in [1.82, 2.24) is 0 Å². The van der Waals surface area contributed by atoms with Gasteiger partial charge in [-0.15, -0.1) is 0 Å². The van der Waals surface area contributed by atoms with Gasteiger partial charge in [-0.1, -0.05) is 12.1 Å². The molecule has 6 aliphatic carbocycles. The van der Waals surface area contributed by atoms with Crippen molar-refractivity contribution in [3.8, 4) is 5.75 Å². The molecule has 0 radical (unpaired) electrons. The fourth-order valence-electron chi connectivity index (χ4n) is 10.6. The summed E-state index contributed by atoms with van der Waals surface area (Å²) in [5.74, 6) is 2.22. The van der Waals surface area contributed by atoms with Crippen LogP contribution in [0.4, 0.5) is 0 Å². The van der Waals surface area contributed by atoms with Gasteiger partial charge in [-0.05, 0) is 171 Å². The predicted molar refractivity (Wildman–Crippen MR) is 155 cm³/mol. The van der Waals surface area contributed by atoms with Gasteiger partial charge >= 0.3 is 10.1 Å². The minimum Gasteiger partial charge on any atom is -0.379 e. The molecule has 6 bridgehead atoms. The maximum Gasteiger partial charge on any atom is 0.339 e. The molecular formula is C33H40O6S2. The van der Waals surface area contributed by atoms with Crippen molar-refractivity contribution in [1.29, 1.82) is 0 Å². The first-order chi connectivity index (χ1) is 19.5. The quantitative estimate of drug-likeness (QED) is 0.268. The molecule has 0 aliphatic heterocycles. The van der Waals surface area contributed by atoms with Gasteiger partial charge in [0, 0.05) is 0 Å². The Hall–Kier alpha value is -1.90. The molecule has 0 spiro atoms. The average molecular weight is 597 g/mol. The van der Waals surface area contributed by atoms with Gasteiger partial charge in [-0.25, -0.2) is 0 Å². The highest BCUT2D eigenvalue weighted by Gasteiger charge is 2.55. The van der Waals surface area contributed by atoms with Crippen LogP contribution in [-0.4, -0.2) is 21.4 Å². The standard InChI is InChI=1S/C33H40O6S2/c34-40(35,36)27-3-1-26(2-4-27)39-41(37,38)30-28(32-13-7-23(20-32)8-14-32)17-25(31-11-5-22(19-31)6-12-31)18-29(30)33-15-9-24(21-33)10-16-33/h1-4,17-18,22-24H,5-16,19-21H2,(H,34,35,36). The van der Waals surface area contributed by atoms with Crippen LogP contribution in [0.15, 0.2) is 46.2 Å². The summed E-state index contributed by atoms with van der Waals surface area (Å²) >= 11 is 0. The maximum absolute atomic E-state index is 14.6. The lowest BCUT2D eigenvalue weighted by Gasteiger charge is -2.38. The second-order valence-electron chi connectivity index (χ2n) is 14.7. The normalized spacial score (nSPS) is 37.3. The Morgan fingerprint density at radius 1 is 0.634 bits per heavy atom. The summed E-state index contributed by atoms with van der Waals surface area (Å²) in [4.78, 5) is 0.136. The molecule has 6 fully saturated rings. The number of hydrogen-bond donors (Lipinski definition) is 1. The third-order valence-corrected chi connectivity index (χ3v) is 14.9. The van der Waals surface area contributed by atoms with E-state index < -0.39 is 20.2 Å². The van der Waals surface area contributed by atoms with Crippen LogP contribution in [0.25, 0.3) is 0 Å². The van der Waals surface area contributed by atoms with Gasteiger partial charge in [0.05, 0.1) is 4.90 Å². The highest BCUT2D eigenvalue weighted by Crippen LogP contribution is 2.63. The van der Waals surface area contributed by atoms with E-state index in [0.717, 1.165) is 81.3 Å². The van der Waals surface area contributed by atoms with E-state index in [1.165, 1.54) is 61.9 Å². The van der Waals surface area contributed by atoms with Crippen molar-refractivity contribution < 1.29 is 25.6 Å². The van der Waals surface area contributed by atoms with Crippen LogP contribution in [0.5, 0.6) is 5.75 Å². The SMILES string of the molecule is O=S(=O)(O)c1ccc(OS(=O)(=O)c2c(C34CCC(CC3)C4)cc(C34CCC(CC3)C4)cc2C23CCC(CC2)C3)cc1. The van der Waals surface area contributed by atoms with Gasteiger partial charge in [0.25, 0.3) is 10.1 Å². The molecule has 0 heterocycles. The van der Waals surface area contributed by atoms with E-state index in [0.29, 0.717) is 16.7 Å². The van der Waals surface area contributed by atoms with Crippen molar-refractivity contribution in [3.05, 3.63) is 53.1 Å². The van der Waals surface area contributed by atoms with Crippen LogP contribution in [0.3, 0.4) is 0 Å². The first-order valence-electron chi connectivity index (χ1n) is 15.7. The molecule has 0 unspecified atom stereocenters. The van der Waals surface area contributed by atoms with Crippen molar-refractivity contribution in [2.75, 3.05) is 0 Å². The molecule has 220 valence electrons. The van der Waals surface area contributed by atoms with Crippen LogP contribution in [0, 0.1) is 17.8 Å². The largest absolute Gasteiger partial charge is 0.379 e. The molecule has 6 nitrogen and oxygen atoms in total. The van der Waals surface area contributed by atoms with Crippen LogP contribution >= 0.6 is 0 Å². The van der Waals surface area contributed by atoms with Gasteiger partial charge in [-0.3, -0.25) is 4.55 Å². The molecule has 41 heavy (non-hydrogen) atoms. The topological polar surface area (TPSA) is 97.7 Å². The first kappa shape index (κ1) is 26.7. The van der Waals surface area contributed by atoms with Gasteiger partial charge in [0.15, 0.2) is 0 Å². The lowest BCUT2D eigenvalue weighted by molar-refractivity contribution is 0.380. The minimum absolute atomic E-state index is 0.0628. The molecule has 6 aliphatic rings. The zero-order chi connectivity index (χ0) is 28.3. The van der Waals surface area contributed by atoms with Crippen LogP contribution in [-0.2, 0) is 36.5 Å². The van der Waals surface area contributed by atoms with Crippen LogP contribution < -0.4 is 4.18 Å². The van der Waals surface area contributed by atoms with Crippen molar-refractivity contribution >= 4 is 20.2 Å². The average Bonchev–Trinajstić information content (AvgIpc) is 3.81. The summed E-state index contributed by atoms with van der Waals surface area (Å²) in [6.07, 6.45) is 17.2. The highest BCUT2D eigenvalue weighted by atomic mass is 32.2. The molecule has 6 saturated carbocycles. The van der Waals surface area contributed by atoms with E-state index in [2.05, 4.69) is 12.1 Å². The summed E-state index contributed by atoms with van der Waals surface area (Å²) in [5.41, 5.74) is 3.40. The molecule has 8 rings (SSSR count). The van der Waals surface area contributed by atoms with E-state index in [4.69, 9.17) is 4.18 Å². The molecule has 0 saturated heterocycles. The lowest BCUT2D eigenvalue weighted by Crippen LogP contribution is -2.32. The fourth-order valence-corrected chi connectivity index (χ4v) is 12.6. The number of fused-ring (bicyclic) bond motifs is 6. The monoisotopic (exact) mass is 596 g/mol. The maximum atomic E-state index is 14.6. The van der Waals surface area contributed by atoms with E-state index in [1.54, 1.807) is 0 Å². The summed E-state index contributed by atoms with van der Waals surface area (Å²) < 4.78 is 67.6. The second kappa shape index (κ2) is 8.82. The van der Waals surface area contributed by atoms with Gasteiger partial charge < -0.3 is 4.18 Å². The smallest absolute Gasteiger partial charge is 0.339 e. The number of rotatable bonds is 7. The Morgan fingerprint density at radius 2 is 1.05 bits per heavy atom. The van der Waals surface area contributed by atoms with E-state index in [9.17, 15) is 21.4 Å². The van der Waals surface area contributed by atoms with Crippen molar-refractivity contribution in [3.63, 3.8) is 0 Å². The third kappa shape index (κ3) is 4.10. The van der Waals surface area contributed by atoms with Crippen molar-refractivity contribution in [2.45, 2.75) is 122 Å². The van der Waals surface area contributed by atoms with Crippen LogP contribution in [0.2, 0.25) is 0 Å². The first-order valence-corrected chi connectivity index (χ1v) is 18.6. The van der Waals surface area contributed by atoms with Crippen molar-refractivity contribution in [2.24, 2.45) is 17.8 Å². The zero-order valence-corrected chi connectivity index (χ0v) is 25.2. The van der Waals surface area contributed by atoms with Crippen LogP contribution in [0.1, 0.15) is 113 Å². The fraction of sp³-hybridized carbons (Fsp3) is 0.636. The molecule has 2 aromatic rings. The van der Waals surface area contributed by atoms with E-state index in [-0.39, 0.29) is 26.9 Å². The third-order valence-electron chi connectivity index (χ3n) is 12.6. The number of benzene rings is 2. The highest BCUT2D eigenvalue weighted by molar-refractivity contribution is 7.87. The Kier molecular flexibility index (Phi) is 5.75. The Bertz CT molecular complexity index is 1550. The summed E-state index contributed by atoms with van der Waals surface area (Å²) in [6, 6.07) is 9.69.